The Morgan fingerprint density at radius 2 is 2.14 bits per heavy atom. The molecule has 0 bridgehead atoms. The van der Waals surface area contributed by atoms with Crippen molar-refractivity contribution in [1.29, 1.82) is 0 Å². The fraction of sp³-hybridized carbons (Fsp3) is 0.385. The SMILES string of the molecule is CCCNS(=O)(=O)c1cc(-c2nc(C)no2)ccc1OC. The van der Waals surface area contributed by atoms with E-state index in [1.54, 1.807) is 19.1 Å². The van der Waals surface area contributed by atoms with Crippen LogP contribution in [-0.2, 0) is 10.0 Å². The predicted octanol–water partition coefficient (Wildman–Crippen LogP) is 1.74. The molecule has 0 amide bonds. The minimum Gasteiger partial charge on any atom is -0.495 e. The summed E-state index contributed by atoms with van der Waals surface area (Å²) in [6.45, 7) is 3.93. The minimum atomic E-state index is -3.65. The maximum absolute atomic E-state index is 12.3. The number of benzene rings is 1. The molecule has 0 unspecified atom stereocenters. The fourth-order valence-electron chi connectivity index (χ4n) is 1.75. The van der Waals surface area contributed by atoms with Crippen molar-refractivity contribution in [3.05, 3.63) is 24.0 Å². The Kier molecular flexibility index (Phi) is 4.59. The Morgan fingerprint density at radius 1 is 1.38 bits per heavy atom. The largest absolute Gasteiger partial charge is 0.495 e. The third kappa shape index (κ3) is 3.40. The highest BCUT2D eigenvalue weighted by molar-refractivity contribution is 7.89. The molecule has 2 aromatic rings. The van der Waals surface area contributed by atoms with Gasteiger partial charge in [0.1, 0.15) is 10.6 Å². The van der Waals surface area contributed by atoms with Gasteiger partial charge in [0.05, 0.1) is 7.11 Å². The molecular formula is C13H17N3O4S. The molecule has 1 aromatic heterocycles. The molecule has 0 aliphatic carbocycles. The first-order chi connectivity index (χ1) is 9.97. The summed E-state index contributed by atoms with van der Waals surface area (Å²) in [5, 5.41) is 3.69. The number of ether oxygens (including phenoxy) is 1. The molecule has 1 heterocycles. The molecule has 114 valence electrons. The highest BCUT2D eigenvalue weighted by Crippen LogP contribution is 2.29. The summed E-state index contributed by atoms with van der Waals surface area (Å²) >= 11 is 0. The zero-order valence-electron chi connectivity index (χ0n) is 12.1. The van der Waals surface area contributed by atoms with E-state index in [-0.39, 0.29) is 16.5 Å². The molecule has 0 atom stereocenters. The van der Waals surface area contributed by atoms with Crippen LogP contribution in [0.1, 0.15) is 19.2 Å². The van der Waals surface area contributed by atoms with Crippen LogP contribution >= 0.6 is 0 Å². The first-order valence-corrected chi connectivity index (χ1v) is 7.94. The Labute approximate surface area is 123 Å². The van der Waals surface area contributed by atoms with Crippen LogP contribution in [0.5, 0.6) is 5.75 Å². The predicted molar refractivity (Wildman–Crippen MR) is 76.5 cm³/mol. The second-order valence-electron chi connectivity index (χ2n) is 4.41. The number of nitrogens with zero attached hydrogens (tertiary/aromatic N) is 2. The van der Waals surface area contributed by atoms with E-state index in [0.29, 0.717) is 24.4 Å². The lowest BCUT2D eigenvalue weighted by atomic mass is 10.2. The molecule has 0 spiro atoms. The number of aryl methyl sites for hydroxylation is 1. The van der Waals surface area contributed by atoms with Gasteiger partial charge >= 0.3 is 0 Å². The lowest BCUT2D eigenvalue weighted by Gasteiger charge is -2.11. The molecule has 21 heavy (non-hydrogen) atoms. The molecule has 0 aliphatic rings. The van der Waals surface area contributed by atoms with Gasteiger partial charge in [-0.1, -0.05) is 12.1 Å². The Bertz CT molecular complexity index is 725. The van der Waals surface area contributed by atoms with E-state index < -0.39 is 10.0 Å². The zero-order valence-corrected chi connectivity index (χ0v) is 12.9. The van der Waals surface area contributed by atoms with Gasteiger partial charge in [0.25, 0.3) is 5.89 Å². The lowest BCUT2D eigenvalue weighted by Crippen LogP contribution is -2.24. The maximum atomic E-state index is 12.3. The van der Waals surface area contributed by atoms with Gasteiger partial charge in [-0.25, -0.2) is 13.1 Å². The number of methoxy groups -OCH3 is 1. The molecule has 1 N–H and O–H groups in total. The van der Waals surface area contributed by atoms with E-state index in [0.717, 1.165) is 0 Å². The van der Waals surface area contributed by atoms with Crippen molar-refractivity contribution in [2.75, 3.05) is 13.7 Å². The van der Waals surface area contributed by atoms with E-state index in [2.05, 4.69) is 14.9 Å². The molecule has 8 heteroatoms. The molecule has 0 saturated carbocycles. The summed E-state index contributed by atoms with van der Waals surface area (Å²) in [6, 6.07) is 4.70. The average Bonchev–Trinajstić information content (AvgIpc) is 2.91. The second-order valence-corrected chi connectivity index (χ2v) is 6.15. The first kappa shape index (κ1) is 15.5. The van der Waals surface area contributed by atoms with Gasteiger partial charge in [0.2, 0.25) is 10.0 Å². The van der Waals surface area contributed by atoms with Gasteiger partial charge in [-0.05, 0) is 31.5 Å². The Balaban J connectivity index is 2.48. The Hall–Kier alpha value is -1.93. The molecule has 0 saturated heterocycles. The standard InChI is InChI=1S/C13H17N3O4S/c1-4-7-14-21(17,18)12-8-10(5-6-11(12)19-3)13-15-9(2)16-20-13/h5-6,8,14H,4,7H2,1-3H3. The summed E-state index contributed by atoms with van der Waals surface area (Å²) < 4.78 is 37.3. The second kappa shape index (κ2) is 6.23. The van der Waals surface area contributed by atoms with Gasteiger partial charge in [0.15, 0.2) is 5.82 Å². The lowest BCUT2D eigenvalue weighted by molar-refractivity contribution is 0.402. The maximum Gasteiger partial charge on any atom is 0.257 e. The van der Waals surface area contributed by atoms with E-state index in [9.17, 15) is 8.42 Å². The monoisotopic (exact) mass is 311 g/mol. The molecule has 1 aromatic carbocycles. The van der Waals surface area contributed by atoms with Crippen LogP contribution in [0, 0.1) is 6.92 Å². The molecule has 7 nitrogen and oxygen atoms in total. The van der Waals surface area contributed by atoms with Crippen molar-refractivity contribution in [1.82, 2.24) is 14.9 Å². The third-order valence-corrected chi connectivity index (χ3v) is 4.25. The highest BCUT2D eigenvalue weighted by atomic mass is 32.2. The number of sulfonamides is 1. The third-order valence-electron chi connectivity index (χ3n) is 2.77. The van der Waals surface area contributed by atoms with Crippen LogP contribution in [0.25, 0.3) is 11.5 Å². The van der Waals surface area contributed by atoms with E-state index in [1.807, 2.05) is 6.92 Å². The molecule has 2 rings (SSSR count). The smallest absolute Gasteiger partial charge is 0.257 e. The highest BCUT2D eigenvalue weighted by Gasteiger charge is 2.21. The summed E-state index contributed by atoms with van der Waals surface area (Å²) in [5.41, 5.74) is 0.522. The van der Waals surface area contributed by atoms with E-state index in [4.69, 9.17) is 9.26 Å². The molecular weight excluding hydrogens is 294 g/mol. The number of hydrogen-bond donors (Lipinski definition) is 1. The van der Waals surface area contributed by atoms with Gasteiger partial charge in [-0.2, -0.15) is 4.98 Å². The van der Waals surface area contributed by atoms with Crippen LogP contribution in [0.2, 0.25) is 0 Å². The van der Waals surface area contributed by atoms with Crippen LogP contribution in [-0.4, -0.2) is 32.2 Å². The fourth-order valence-corrected chi connectivity index (χ4v) is 3.07. The summed E-state index contributed by atoms with van der Waals surface area (Å²) in [5.74, 6) is 1.01. The molecule has 0 radical (unpaired) electrons. The molecule has 0 aliphatic heterocycles. The topological polar surface area (TPSA) is 94.3 Å². The molecule has 0 fully saturated rings. The number of nitrogens with one attached hydrogen (secondary N) is 1. The van der Waals surface area contributed by atoms with Gasteiger partial charge in [-0.3, -0.25) is 0 Å². The van der Waals surface area contributed by atoms with Gasteiger partial charge in [-0.15, -0.1) is 0 Å². The summed E-state index contributed by atoms with van der Waals surface area (Å²) in [7, 11) is -2.23. The normalized spacial score (nSPS) is 11.6. The van der Waals surface area contributed by atoms with Crippen molar-refractivity contribution in [2.24, 2.45) is 0 Å². The average molecular weight is 311 g/mol. The number of hydrogen-bond acceptors (Lipinski definition) is 6. The number of rotatable bonds is 6. The van der Waals surface area contributed by atoms with Gasteiger partial charge in [0, 0.05) is 12.1 Å². The van der Waals surface area contributed by atoms with E-state index in [1.165, 1.54) is 13.2 Å². The number of aromatic nitrogens is 2. The minimum absolute atomic E-state index is 0.0480. The van der Waals surface area contributed by atoms with Crippen molar-refractivity contribution in [2.45, 2.75) is 25.2 Å². The van der Waals surface area contributed by atoms with Crippen molar-refractivity contribution in [3.63, 3.8) is 0 Å². The van der Waals surface area contributed by atoms with Crippen LogP contribution in [0.3, 0.4) is 0 Å². The van der Waals surface area contributed by atoms with Crippen molar-refractivity contribution >= 4 is 10.0 Å². The Morgan fingerprint density at radius 3 is 2.71 bits per heavy atom. The quantitative estimate of drug-likeness (QED) is 0.873. The van der Waals surface area contributed by atoms with Crippen LogP contribution in [0.4, 0.5) is 0 Å². The first-order valence-electron chi connectivity index (χ1n) is 6.46. The zero-order chi connectivity index (χ0) is 15.5. The summed E-state index contributed by atoms with van der Waals surface area (Å²) in [6.07, 6.45) is 0.699. The van der Waals surface area contributed by atoms with Crippen molar-refractivity contribution in [3.8, 4) is 17.2 Å². The van der Waals surface area contributed by atoms with Crippen LogP contribution < -0.4 is 9.46 Å². The van der Waals surface area contributed by atoms with Crippen LogP contribution in [0.15, 0.2) is 27.6 Å². The van der Waals surface area contributed by atoms with Crippen molar-refractivity contribution < 1.29 is 17.7 Å². The van der Waals surface area contributed by atoms with E-state index >= 15 is 0 Å². The van der Waals surface area contributed by atoms with Gasteiger partial charge < -0.3 is 9.26 Å². The summed E-state index contributed by atoms with van der Waals surface area (Å²) in [4.78, 5) is 4.14.